The molecule has 4 nitrogen and oxygen atoms in total. The number of carbonyl (C=O) groups excluding carboxylic acids is 1. The van der Waals surface area contributed by atoms with Gasteiger partial charge in [-0.25, -0.2) is 4.39 Å². The highest BCUT2D eigenvalue weighted by atomic mass is 19.1. The van der Waals surface area contributed by atoms with Gasteiger partial charge in [-0.2, -0.15) is 0 Å². The predicted octanol–water partition coefficient (Wildman–Crippen LogP) is 1.53. The molecule has 0 aliphatic carbocycles. The summed E-state index contributed by atoms with van der Waals surface area (Å²) in [6, 6.07) is 3.79. The van der Waals surface area contributed by atoms with Crippen LogP contribution in [0.3, 0.4) is 0 Å². The van der Waals surface area contributed by atoms with Crippen LogP contribution in [0.2, 0.25) is 0 Å². The van der Waals surface area contributed by atoms with Crippen LogP contribution in [0, 0.1) is 5.82 Å². The fourth-order valence-electron chi connectivity index (χ4n) is 1.39. The summed E-state index contributed by atoms with van der Waals surface area (Å²) in [7, 11) is 0. The second-order valence-corrected chi connectivity index (χ2v) is 3.85. The number of benzene rings is 1. The van der Waals surface area contributed by atoms with Crippen molar-refractivity contribution in [3.05, 3.63) is 42.2 Å². The van der Waals surface area contributed by atoms with Crippen LogP contribution in [0.1, 0.15) is 18.5 Å². The summed E-state index contributed by atoms with van der Waals surface area (Å²) in [6.07, 6.45) is 1.56. The van der Waals surface area contributed by atoms with Gasteiger partial charge in [0.2, 0.25) is 0 Å². The molecule has 1 atom stereocenters. The van der Waals surface area contributed by atoms with E-state index < -0.39 is 5.82 Å². The smallest absolute Gasteiger partial charge is 0.258 e. The lowest BCUT2D eigenvalue weighted by molar-refractivity contribution is -0.122. The number of hydrogen-bond acceptors (Lipinski definition) is 3. The zero-order chi connectivity index (χ0) is 13.5. The maximum Gasteiger partial charge on any atom is 0.258 e. The second kappa shape index (κ2) is 6.76. The molecular formula is C13H17FN2O2. The molecule has 0 aliphatic heterocycles. The molecule has 0 fully saturated rings. The molecule has 1 aromatic carbocycles. The molecule has 0 bridgehead atoms. The zero-order valence-corrected chi connectivity index (χ0v) is 10.3. The first-order valence-corrected chi connectivity index (χ1v) is 5.60. The van der Waals surface area contributed by atoms with Crippen LogP contribution in [-0.2, 0) is 4.79 Å². The summed E-state index contributed by atoms with van der Waals surface area (Å²) in [5.41, 5.74) is 6.40. The highest BCUT2D eigenvalue weighted by molar-refractivity contribution is 5.77. The Hall–Kier alpha value is -1.88. The zero-order valence-electron chi connectivity index (χ0n) is 10.3. The van der Waals surface area contributed by atoms with E-state index in [1.165, 1.54) is 12.1 Å². The van der Waals surface area contributed by atoms with Gasteiger partial charge in [0.15, 0.2) is 6.61 Å². The van der Waals surface area contributed by atoms with Gasteiger partial charge in [-0.3, -0.25) is 4.79 Å². The molecule has 1 aromatic rings. The van der Waals surface area contributed by atoms with Gasteiger partial charge < -0.3 is 15.8 Å². The first-order chi connectivity index (χ1) is 8.54. The molecule has 18 heavy (non-hydrogen) atoms. The summed E-state index contributed by atoms with van der Waals surface area (Å²) < 4.78 is 18.4. The van der Waals surface area contributed by atoms with Crippen molar-refractivity contribution in [3.63, 3.8) is 0 Å². The van der Waals surface area contributed by atoms with Crippen LogP contribution < -0.4 is 15.8 Å². The Morgan fingerprint density at radius 1 is 1.67 bits per heavy atom. The fourth-order valence-corrected chi connectivity index (χ4v) is 1.39. The van der Waals surface area contributed by atoms with Crippen LogP contribution in [-0.4, -0.2) is 19.1 Å². The molecule has 0 saturated carbocycles. The molecule has 0 radical (unpaired) electrons. The Balaban J connectivity index is 2.68. The first-order valence-electron chi connectivity index (χ1n) is 5.60. The van der Waals surface area contributed by atoms with E-state index in [9.17, 15) is 9.18 Å². The van der Waals surface area contributed by atoms with Crippen molar-refractivity contribution >= 4 is 5.91 Å². The Morgan fingerprint density at radius 2 is 2.39 bits per heavy atom. The fraction of sp³-hybridized carbons (Fsp3) is 0.308. The van der Waals surface area contributed by atoms with Crippen LogP contribution in [0.15, 0.2) is 30.9 Å². The number of nitrogens with one attached hydrogen (secondary N) is 1. The number of carbonyl (C=O) groups is 1. The average Bonchev–Trinajstić information content (AvgIpc) is 2.33. The van der Waals surface area contributed by atoms with Gasteiger partial charge in [0.05, 0.1) is 0 Å². The van der Waals surface area contributed by atoms with Crippen LogP contribution in [0.4, 0.5) is 4.39 Å². The largest absolute Gasteiger partial charge is 0.483 e. The van der Waals surface area contributed by atoms with Gasteiger partial charge in [0, 0.05) is 24.2 Å². The molecule has 3 N–H and O–H groups in total. The molecule has 1 rings (SSSR count). The monoisotopic (exact) mass is 252 g/mol. The van der Waals surface area contributed by atoms with Crippen molar-refractivity contribution in [2.75, 3.05) is 13.2 Å². The summed E-state index contributed by atoms with van der Waals surface area (Å²) in [6.45, 7) is 5.42. The lowest BCUT2D eigenvalue weighted by Gasteiger charge is -2.13. The van der Waals surface area contributed by atoms with Crippen molar-refractivity contribution in [1.29, 1.82) is 0 Å². The Morgan fingerprint density at radius 3 is 3.00 bits per heavy atom. The number of ether oxygens (including phenoxy) is 1. The molecule has 0 aromatic heterocycles. The van der Waals surface area contributed by atoms with Gasteiger partial charge in [-0.15, -0.1) is 6.58 Å². The molecule has 0 aliphatic rings. The average molecular weight is 252 g/mol. The minimum atomic E-state index is -0.430. The van der Waals surface area contributed by atoms with Crippen molar-refractivity contribution in [2.45, 2.75) is 13.0 Å². The van der Waals surface area contributed by atoms with E-state index in [0.717, 1.165) is 0 Å². The molecule has 98 valence electrons. The molecule has 0 heterocycles. The third-order valence-electron chi connectivity index (χ3n) is 2.27. The topological polar surface area (TPSA) is 64.3 Å². The molecule has 5 heteroatoms. The van der Waals surface area contributed by atoms with E-state index in [-0.39, 0.29) is 18.6 Å². The minimum absolute atomic E-state index is 0.184. The number of nitrogens with two attached hydrogens (primary N) is 1. The standard InChI is InChI=1S/C13H17FN2O2/c1-3-6-16-13(17)8-18-12-7-10(14)4-5-11(12)9(2)15/h3-5,7,9H,1,6,8,15H2,2H3,(H,16,17). The highest BCUT2D eigenvalue weighted by Gasteiger charge is 2.11. The maximum atomic E-state index is 13.1. The Kier molecular flexibility index (Phi) is 5.32. The second-order valence-electron chi connectivity index (χ2n) is 3.85. The van der Waals surface area contributed by atoms with Gasteiger partial charge in [-0.05, 0) is 13.0 Å². The number of hydrogen-bond donors (Lipinski definition) is 2. The Bertz CT molecular complexity index is 433. The van der Waals surface area contributed by atoms with Gasteiger partial charge in [0.25, 0.3) is 5.91 Å². The van der Waals surface area contributed by atoms with E-state index >= 15 is 0 Å². The van der Waals surface area contributed by atoms with E-state index in [1.54, 1.807) is 19.1 Å². The van der Waals surface area contributed by atoms with Crippen LogP contribution >= 0.6 is 0 Å². The number of amides is 1. The third-order valence-corrected chi connectivity index (χ3v) is 2.27. The first kappa shape index (κ1) is 14.2. The van der Waals surface area contributed by atoms with Crippen molar-refractivity contribution in [2.24, 2.45) is 5.73 Å². The predicted molar refractivity (Wildman–Crippen MR) is 67.7 cm³/mol. The van der Waals surface area contributed by atoms with Gasteiger partial charge in [-0.1, -0.05) is 12.1 Å². The van der Waals surface area contributed by atoms with Crippen LogP contribution in [0.5, 0.6) is 5.75 Å². The molecular weight excluding hydrogens is 235 g/mol. The van der Waals surface area contributed by atoms with Crippen LogP contribution in [0.25, 0.3) is 0 Å². The van der Waals surface area contributed by atoms with E-state index in [4.69, 9.17) is 10.5 Å². The summed E-state index contributed by atoms with van der Waals surface area (Å²) in [4.78, 5) is 11.3. The molecule has 1 unspecified atom stereocenters. The van der Waals surface area contributed by atoms with E-state index in [1.807, 2.05) is 0 Å². The third kappa shape index (κ3) is 4.18. The van der Waals surface area contributed by atoms with Crippen molar-refractivity contribution in [3.8, 4) is 5.75 Å². The molecule has 0 spiro atoms. The quantitative estimate of drug-likeness (QED) is 0.755. The SMILES string of the molecule is C=CCNC(=O)COc1cc(F)ccc1C(C)N. The number of halogens is 1. The number of rotatable bonds is 6. The van der Waals surface area contributed by atoms with E-state index in [0.29, 0.717) is 17.9 Å². The highest BCUT2D eigenvalue weighted by Crippen LogP contribution is 2.24. The van der Waals surface area contributed by atoms with E-state index in [2.05, 4.69) is 11.9 Å². The normalized spacial score (nSPS) is 11.7. The minimum Gasteiger partial charge on any atom is -0.483 e. The maximum absolute atomic E-state index is 13.1. The van der Waals surface area contributed by atoms with Gasteiger partial charge in [0.1, 0.15) is 11.6 Å². The lowest BCUT2D eigenvalue weighted by atomic mass is 10.1. The Labute approximate surface area is 106 Å². The molecule has 1 amide bonds. The van der Waals surface area contributed by atoms with Crippen molar-refractivity contribution < 1.29 is 13.9 Å². The molecule has 0 saturated heterocycles. The summed E-state index contributed by atoms with van der Waals surface area (Å²) in [5.74, 6) is -0.436. The lowest BCUT2D eigenvalue weighted by Crippen LogP contribution is -2.29. The van der Waals surface area contributed by atoms with Crippen molar-refractivity contribution in [1.82, 2.24) is 5.32 Å². The van der Waals surface area contributed by atoms with Gasteiger partial charge >= 0.3 is 0 Å². The summed E-state index contributed by atoms with van der Waals surface area (Å²) in [5, 5.41) is 2.56. The summed E-state index contributed by atoms with van der Waals surface area (Å²) >= 11 is 0.